The van der Waals surface area contributed by atoms with E-state index in [1.54, 1.807) is 0 Å². The van der Waals surface area contributed by atoms with Crippen molar-refractivity contribution in [2.24, 2.45) is 11.8 Å². The molecular weight excluding hydrogens is 214 g/mol. The van der Waals surface area contributed by atoms with Crippen molar-refractivity contribution in [3.05, 3.63) is 0 Å². The molecule has 1 aliphatic carbocycles. The van der Waals surface area contributed by atoms with Gasteiger partial charge in [0, 0.05) is 6.42 Å². The number of hydrogen-bond acceptors (Lipinski definition) is 2. The molecule has 0 unspecified atom stereocenters. The third-order valence-corrected chi connectivity index (χ3v) is 3.34. The van der Waals surface area contributed by atoms with E-state index in [1.807, 2.05) is 0 Å². The van der Waals surface area contributed by atoms with Crippen LogP contribution in [-0.4, -0.2) is 12.5 Å². The van der Waals surface area contributed by atoms with Gasteiger partial charge in [0.2, 0.25) is 5.91 Å². The highest BCUT2D eigenvalue weighted by Gasteiger charge is 2.13. The van der Waals surface area contributed by atoms with E-state index in [4.69, 9.17) is 4.84 Å². The third kappa shape index (κ3) is 7.37. The van der Waals surface area contributed by atoms with Crippen molar-refractivity contribution in [3.63, 3.8) is 0 Å². The standard InChI is InChI=1S/C14H27NO2/c1-12(2)11-17-15-14(16)10-6-9-13-7-4-3-5-8-13/h12-13H,3-11H2,1-2H3,(H,15,16). The Morgan fingerprint density at radius 1 is 1.29 bits per heavy atom. The van der Waals surface area contributed by atoms with Crippen LogP contribution in [0.4, 0.5) is 0 Å². The van der Waals surface area contributed by atoms with Crippen LogP contribution in [0.1, 0.15) is 65.2 Å². The zero-order valence-electron chi connectivity index (χ0n) is 11.3. The average molecular weight is 241 g/mol. The molecule has 0 saturated heterocycles. The molecule has 0 atom stereocenters. The van der Waals surface area contributed by atoms with Crippen molar-refractivity contribution in [1.82, 2.24) is 5.48 Å². The predicted octanol–water partition coefficient (Wildman–Crippen LogP) is 3.44. The van der Waals surface area contributed by atoms with Crippen LogP contribution in [0.15, 0.2) is 0 Å². The van der Waals surface area contributed by atoms with Crippen LogP contribution in [0.2, 0.25) is 0 Å². The second-order valence-corrected chi connectivity index (χ2v) is 5.63. The van der Waals surface area contributed by atoms with Crippen molar-refractivity contribution < 1.29 is 9.63 Å². The molecule has 0 spiro atoms. The van der Waals surface area contributed by atoms with E-state index in [0.29, 0.717) is 18.9 Å². The fourth-order valence-corrected chi connectivity index (χ4v) is 2.37. The Morgan fingerprint density at radius 3 is 2.65 bits per heavy atom. The Hall–Kier alpha value is -0.570. The molecule has 1 N–H and O–H groups in total. The number of hydrogen-bond donors (Lipinski definition) is 1. The van der Waals surface area contributed by atoms with Crippen molar-refractivity contribution >= 4 is 5.91 Å². The molecule has 0 radical (unpaired) electrons. The fraction of sp³-hybridized carbons (Fsp3) is 0.929. The van der Waals surface area contributed by atoms with Crippen LogP contribution >= 0.6 is 0 Å². The van der Waals surface area contributed by atoms with Crippen LogP contribution in [0.25, 0.3) is 0 Å². The van der Waals surface area contributed by atoms with Crippen molar-refractivity contribution in [2.75, 3.05) is 6.61 Å². The quantitative estimate of drug-likeness (QED) is 0.693. The van der Waals surface area contributed by atoms with E-state index in [0.717, 1.165) is 12.3 Å². The summed E-state index contributed by atoms with van der Waals surface area (Å²) in [5, 5.41) is 0. The average Bonchev–Trinajstić information content (AvgIpc) is 2.30. The van der Waals surface area contributed by atoms with Gasteiger partial charge in [-0.05, 0) is 24.7 Å². The van der Waals surface area contributed by atoms with Crippen LogP contribution in [0.5, 0.6) is 0 Å². The SMILES string of the molecule is CC(C)CONC(=O)CCCC1CCCCC1. The van der Waals surface area contributed by atoms with Crippen LogP contribution in [0.3, 0.4) is 0 Å². The number of carbonyl (C=O) groups is 1. The second-order valence-electron chi connectivity index (χ2n) is 5.63. The first-order chi connectivity index (χ1) is 8.18. The highest BCUT2D eigenvalue weighted by molar-refractivity contribution is 5.74. The maximum Gasteiger partial charge on any atom is 0.243 e. The van der Waals surface area contributed by atoms with Crippen molar-refractivity contribution in [3.8, 4) is 0 Å². The first-order valence-electron chi connectivity index (χ1n) is 7.09. The van der Waals surface area contributed by atoms with E-state index in [1.165, 1.54) is 38.5 Å². The smallest absolute Gasteiger partial charge is 0.243 e. The molecule has 3 heteroatoms. The summed E-state index contributed by atoms with van der Waals surface area (Å²) in [5.74, 6) is 1.35. The Balaban J connectivity index is 1.95. The lowest BCUT2D eigenvalue weighted by atomic mass is 9.86. The highest BCUT2D eigenvalue weighted by Crippen LogP contribution is 2.27. The zero-order chi connectivity index (χ0) is 12.5. The molecule has 0 aliphatic heterocycles. The van der Waals surface area contributed by atoms with Crippen LogP contribution in [-0.2, 0) is 9.63 Å². The topological polar surface area (TPSA) is 38.3 Å². The van der Waals surface area contributed by atoms with Gasteiger partial charge in [-0.15, -0.1) is 0 Å². The van der Waals surface area contributed by atoms with Gasteiger partial charge in [0.25, 0.3) is 0 Å². The Labute approximate surface area is 105 Å². The summed E-state index contributed by atoms with van der Waals surface area (Å²) in [4.78, 5) is 16.5. The molecule has 1 rings (SSSR count). The summed E-state index contributed by atoms with van der Waals surface area (Å²) in [5.41, 5.74) is 2.51. The monoisotopic (exact) mass is 241 g/mol. The lowest BCUT2D eigenvalue weighted by molar-refractivity contribution is -0.134. The van der Waals surface area contributed by atoms with Gasteiger partial charge in [-0.1, -0.05) is 46.0 Å². The summed E-state index contributed by atoms with van der Waals surface area (Å²) in [6.45, 7) is 4.72. The minimum Gasteiger partial charge on any atom is -0.273 e. The predicted molar refractivity (Wildman–Crippen MR) is 69.4 cm³/mol. The molecule has 1 fully saturated rings. The number of carbonyl (C=O) groups excluding carboxylic acids is 1. The van der Waals surface area contributed by atoms with Gasteiger partial charge < -0.3 is 0 Å². The first kappa shape index (κ1) is 14.5. The minimum absolute atomic E-state index is 0.0291. The maximum absolute atomic E-state index is 11.4. The number of rotatable bonds is 7. The fourth-order valence-electron chi connectivity index (χ4n) is 2.37. The molecule has 1 aliphatic rings. The Morgan fingerprint density at radius 2 is 2.00 bits per heavy atom. The number of hydroxylamine groups is 1. The maximum atomic E-state index is 11.4. The molecule has 0 bridgehead atoms. The lowest BCUT2D eigenvalue weighted by Gasteiger charge is -2.21. The normalized spacial score (nSPS) is 17.4. The minimum atomic E-state index is 0.0291. The van der Waals surface area contributed by atoms with Gasteiger partial charge in [0.05, 0.1) is 6.61 Å². The first-order valence-corrected chi connectivity index (χ1v) is 7.09. The molecule has 0 aromatic heterocycles. The molecule has 100 valence electrons. The summed E-state index contributed by atoms with van der Waals surface area (Å²) in [7, 11) is 0. The van der Waals surface area contributed by atoms with Crippen molar-refractivity contribution in [2.45, 2.75) is 65.2 Å². The molecular formula is C14H27NO2. The van der Waals surface area contributed by atoms with Gasteiger partial charge in [0.15, 0.2) is 0 Å². The van der Waals surface area contributed by atoms with Gasteiger partial charge in [-0.3, -0.25) is 9.63 Å². The number of amides is 1. The lowest BCUT2D eigenvalue weighted by Crippen LogP contribution is -2.25. The summed E-state index contributed by atoms with van der Waals surface area (Å²) in [6.07, 6.45) is 9.72. The molecule has 3 nitrogen and oxygen atoms in total. The second kappa shape index (κ2) is 8.51. The van der Waals surface area contributed by atoms with Crippen LogP contribution < -0.4 is 5.48 Å². The summed E-state index contributed by atoms with van der Waals surface area (Å²) in [6, 6.07) is 0. The van der Waals surface area contributed by atoms with Gasteiger partial charge in [-0.2, -0.15) is 0 Å². The van der Waals surface area contributed by atoms with Crippen molar-refractivity contribution in [1.29, 1.82) is 0 Å². The van der Waals surface area contributed by atoms with Gasteiger partial charge in [0.1, 0.15) is 0 Å². The van der Waals surface area contributed by atoms with E-state index in [9.17, 15) is 4.79 Å². The Kier molecular flexibility index (Phi) is 7.25. The van der Waals surface area contributed by atoms with E-state index < -0.39 is 0 Å². The summed E-state index contributed by atoms with van der Waals surface area (Å²) < 4.78 is 0. The summed E-state index contributed by atoms with van der Waals surface area (Å²) >= 11 is 0. The largest absolute Gasteiger partial charge is 0.273 e. The third-order valence-electron chi connectivity index (χ3n) is 3.34. The molecule has 1 saturated carbocycles. The molecule has 0 aromatic rings. The molecule has 1 amide bonds. The van der Waals surface area contributed by atoms with E-state index in [-0.39, 0.29) is 5.91 Å². The molecule has 0 heterocycles. The van der Waals surface area contributed by atoms with E-state index in [2.05, 4.69) is 19.3 Å². The Bertz CT molecular complexity index is 210. The molecule has 17 heavy (non-hydrogen) atoms. The van der Waals surface area contributed by atoms with Crippen LogP contribution in [0, 0.1) is 11.8 Å². The zero-order valence-corrected chi connectivity index (χ0v) is 11.3. The van der Waals surface area contributed by atoms with E-state index >= 15 is 0 Å². The van der Waals surface area contributed by atoms with Gasteiger partial charge >= 0.3 is 0 Å². The highest BCUT2D eigenvalue weighted by atomic mass is 16.6. The van der Waals surface area contributed by atoms with Gasteiger partial charge in [-0.25, -0.2) is 5.48 Å². The number of nitrogens with one attached hydrogen (secondary N) is 1. The molecule has 0 aromatic carbocycles.